The van der Waals surface area contributed by atoms with Crippen LogP contribution >= 0.6 is 23.5 Å². The van der Waals surface area contributed by atoms with Gasteiger partial charge >= 0.3 is 23.5 Å². The number of phosphoric ester groups is 1. The van der Waals surface area contributed by atoms with Crippen LogP contribution in [0.15, 0.2) is 11.2 Å². The number of anilines is 1. The maximum atomic E-state index is 12.0. The second-order valence-corrected chi connectivity index (χ2v) is 12.2. The maximum absolute atomic E-state index is 12.0. The van der Waals surface area contributed by atoms with Gasteiger partial charge < -0.3 is 45.0 Å². The fourth-order valence-corrected chi connectivity index (χ4v) is 6.53. The molecule has 8 N–H and O–H groups in total. The first kappa shape index (κ1) is 29.2. The van der Waals surface area contributed by atoms with E-state index in [1.54, 1.807) is 10.8 Å². The van der Waals surface area contributed by atoms with E-state index in [4.69, 9.17) is 20.3 Å². The van der Waals surface area contributed by atoms with E-state index in [1.165, 1.54) is 6.34 Å². The number of fused-ring (bicyclic) bond motifs is 1. The molecule has 0 saturated carbocycles. The summed E-state index contributed by atoms with van der Waals surface area (Å²) >= 11 is 0. The lowest BCUT2D eigenvalue weighted by molar-refractivity contribution is -0.0426. The van der Waals surface area contributed by atoms with Crippen LogP contribution in [-0.2, 0) is 31.6 Å². The van der Waals surface area contributed by atoms with Crippen LogP contribution in [0.2, 0.25) is 0 Å². The van der Waals surface area contributed by atoms with E-state index in [1.807, 2.05) is 0 Å². The van der Waals surface area contributed by atoms with Crippen molar-refractivity contribution >= 4 is 35.6 Å². The van der Waals surface area contributed by atoms with Crippen LogP contribution in [0, 0.1) is 11.8 Å². The maximum Gasteiger partial charge on any atom is 0.490 e. The van der Waals surface area contributed by atoms with Crippen LogP contribution in [0.1, 0.15) is 56.1 Å². The molecule has 3 rings (SSSR count). The van der Waals surface area contributed by atoms with Crippen LogP contribution in [0.4, 0.5) is 5.82 Å². The summed E-state index contributed by atoms with van der Waals surface area (Å²) in [6.07, 6.45) is 1.94. The Morgan fingerprint density at radius 1 is 1.25 bits per heavy atom. The highest BCUT2D eigenvalue weighted by Gasteiger charge is 2.43. The Kier molecular flexibility index (Phi) is 9.36. The third-order valence-electron chi connectivity index (χ3n) is 5.01. The van der Waals surface area contributed by atoms with Crippen molar-refractivity contribution in [3.05, 3.63) is 17.3 Å². The lowest BCUT2D eigenvalue weighted by Gasteiger charge is -2.21. The number of aliphatic hydroxyl groups is 1. The van der Waals surface area contributed by atoms with Crippen LogP contribution in [0.3, 0.4) is 0 Å². The summed E-state index contributed by atoms with van der Waals surface area (Å²) in [6.45, 7) is 1.28. The van der Waals surface area contributed by atoms with Gasteiger partial charge in [0, 0.05) is 24.6 Å². The number of nitrogens with zero attached hydrogens (tertiary/aromatic N) is 2. The fourth-order valence-electron chi connectivity index (χ4n) is 3.50. The first-order valence-electron chi connectivity index (χ1n) is 10.6. The van der Waals surface area contributed by atoms with Gasteiger partial charge in [-0.3, -0.25) is 9.52 Å². The fraction of sp³-hybridized carbons (Fsp3) is 0.588. The van der Waals surface area contributed by atoms with Gasteiger partial charge in [0.25, 0.3) is 0 Å². The number of unbranched alkanes of at least 4 members (excludes halogenated alkanes) is 2. The molecule has 1 aromatic heterocycles. The number of aliphatic hydroxyl groups excluding tert-OH is 1. The third-order valence-corrected chi connectivity index (χ3v) is 8.82. The van der Waals surface area contributed by atoms with Crippen LogP contribution in [0.25, 0.3) is 0 Å². The van der Waals surface area contributed by atoms with E-state index >= 15 is 0 Å². The van der Waals surface area contributed by atoms with Crippen molar-refractivity contribution in [3.8, 4) is 11.8 Å². The number of nitrogens with two attached hydrogens (primary N) is 1. The smallest absolute Gasteiger partial charge is 0.390 e. The molecule has 2 aliphatic rings. The van der Waals surface area contributed by atoms with Gasteiger partial charge in [0.1, 0.15) is 24.3 Å². The second-order valence-electron chi connectivity index (χ2n) is 7.80. The molecule has 36 heavy (non-hydrogen) atoms. The predicted octanol–water partition coefficient (Wildman–Crippen LogP) is 1.43. The summed E-state index contributed by atoms with van der Waals surface area (Å²) < 4.78 is 53.4. The molecule has 0 amide bonds. The minimum atomic E-state index is -5.66. The zero-order valence-electron chi connectivity index (χ0n) is 18.9. The highest BCUT2D eigenvalue weighted by Crippen LogP contribution is 2.66. The average Bonchev–Trinajstić information content (AvgIpc) is 3.28. The largest absolute Gasteiger partial charge is 0.490 e. The molecule has 3 unspecified atom stereocenters. The molecular formula is C17H27N4O12P3. The molecule has 1 fully saturated rings. The lowest BCUT2D eigenvalue weighted by atomic mass is 10.1. The molecule has 0 aromatic carbocycles. The van der Waals surface area contributed by atoms with Gasteiger partial charge in [0.05, 0.1) is 24.6 Å². The monoisotopic (exact) mass is 572 g/mol. The standard InChI is InChI=1S/C17H27N4O12P3/c1-2-3-4-5-6-11-8-21(17-15(11)16(18)19-10-20-17)14-7-12(22)13(31-14)9-30-35(26,27)33-36(28,29)32-34(23,24)25/h8,10,12-14,16,22H,2-4,7,9,18H2,1H3,(H,19,20)(H,26,27)(H,28,29)(H2,23,24,25)/t12-,13+,14+,16?/m0/s1. The zero-order chi connectivity index (χ0) is 26.7. The molecular weight excluding hydrogens is 545 g/mol. The molecule has 2 aliphatic heterocycles. The Hall–Kier alpha value is -1.40. The topological polar surface area (TPSA) is 245 Å². The molecule has 0 radical (unpaired) electrons. The van der Waals surface area contributed by atoms with Gasteiger partial charge in [-0.2, -0.15) is 8.62 Å². The minimum absolute atomic E-state index is 0.0301. The first-order chi connectivity index (χ1) is 16.7. The van der Waals surface area contributed by atoms with E-state index in [0.717, 1.165) is 12.8 Å². The number of aliphatic imine (C=N–C) groups is 1. The Labute approximate surface area is 205 Å². The highest BCUT2D eigenvalue weighted by atomic mass is 31.3. The van der Waals surface area contributed by atoms with E-state index < -0.39 is 54.7 Å². The van der Waals surface area contributed by atoms with E-state index in [9.17, 15) is 28.6 Å². The van der Waals surface area contributed by atoms with E-state index in [0.29, 0.717) is 23.4 Å². The highest BCUT2D eigenvalue weighted by molar-refractivity contribution is 7.66. The number of nitrogens with one attached hydrogen (secondary N) is 1. The first-order valence-corrected chi connectivity index (χ1v) is 15.1. The van der Waals surface area contributed by atoms with Gasteiger partial charge in [-0.05, 0) is 6.42 Å². The third kappa shape index (κ3) is 7.80. The van der Waals surface area contributed by atoms with Crippen LogP contribution in [0.5, 0.6) is 0 Å². The Balaban J connectivity index is 1.70. The normalized spacial score (nSPS) is 26.9. The summed E-state index contributed by atoms with van der Waals surface area (Å²) in [5.74, 6) is 6.70. The predicted molar refractivity (Wildman–Crippen MR) is 124 cm³/mol. The SMILES string of the molecule is CCCCC#Cc1cn([C@H]2C[C@H](O)[C@@H](COP(=O)(O)OP(=O)(O)OP(=O)(O)O)O2)c2c1C(N)N=CN2. The summed E-state index contributed by atoms with van der Waals surface area (Å²) in [4.78, 5) is 40.2. The number of hydrogen-bond donors (Lipinski definition) is 7. The number of ether oxygens (including phenoxy) is 1. The van der Waals surface area contributed by atoms with Crippen molar-refractivity contribution in [3.63, 3.8) is 0 Å². The molecule has 0 spiro atoms. The van der Waals surface area contributed by atoms with Gasteiger partial charge in [-0.1, -0.05) is 25.2 Å². The average molecular weight is 572 g/mol. The van der Waals surface area contributed by atoms with Crippen molar-refractivity contribution < 1.29 is 56.3 Å². The van der Waals surface area contributed by atoms with Gasteiger partial charge in [-0.15, -0.1) is 0 Å². The summed E-state index contributed by atoms with van der Waals surface area (Å²) in [6, 6.07) is 0. The zero-order valence-corrected chi connectivity index (χ0v) is 21.6. The second kappa shape index (κ2) is 11.6. The van der Waals surface area contributed by atoms with Crippen molar-refractivity contribution in [1.29, 1.82) is 0 Å². The summed E-state index contributed by atoms with van der Waals surface area (Å²) in [5.41, 5.74) is 7.38. The number of rotatable bonds is 10. The molecule has 1 saturated heterocycles. The van der Waals surface area contributed by atoms with E-state index in [2.05, 4.69) is 42.2 Å². The Bertz CT molecular complexity index is 1190. The number of phosphoric acid groups is 3. The molecule has 1 aromatic rings. The number of hydrogen-bond acceptors (Lipinski definition) is 11. The summed E-state index contributed by atoms with van der Waals surface area (Å²) in [7, 11) is -16.5. The van der Waals surface area contributed by atoms with Crippen LogP contribution in [-0.4, -0.2) is 54.4 Å². The van der Waals surface area contributed by atoms with Crippen molar-refractivity contribution in [2.45, 2.75) is 57.2 Å². The Morgan fingerprint density at radius 3 is 2.64 bits per heavy atom. The van der Waals surface area contributed by atoms with Crippen molar-refractivity contribution in [1.82, 2.24) is 4.57 Å². The van der Waals surface area contributed by atoms with Gasteiger partial charge in [0.15, 0.2) is 0 Å². The lowest BCUT2D eigenvalue weighted by Crippen LogP contribution is -2.26. The number of aromatic nitrogens is 1. The van der Waals surface area contributed by atoms with Crippen LogP contribution < -0.4 is 11.1 Å². The van der Waals surface area contributed by atoms with Gasteiger partial charge in [0.2, 0.25) is 0 Å². The van der Waals surface area contributed by atoms with E-state index in [-0.39, 0.29) is 6.42 Å². The molecule has 6 atom stereocenters. The van der Waals surface area contributed by atoms with Crippen molar-refractivity contribution in [2.24, 2.45) is 10.7 Å². The molecule has 0 aliphatic carbocycles. The molecule has 3 heterocycles. The quantitative estimate of drug-likeness (QED) is 0.119. The molecule has 16 nitrogen and oxygen atoms in total. The van der Waals surface area contributed by atoms with Gasteiger partial charge in [-0.25, -0.2) is 13.7 Å². The molecule has 19 heteroatoms. The minimum Gasteiger partial charge on any atom is -0.390 e. The molecule has 0 bridgehead atoms. The molecule has 202 valence electrons. The van der Waals surface area contributed by atoms with Crippen molar-refractivity contribution in [2.75, 3.05) is 11.9 Å². The Morgan fingerprint density at radius 2 is 1.97 bits per heavy atom. The summed E-state index contributed by atoms with van der Waals surface area (Å²) in [5, 5.41) is 13.4.